The van der Waals surface area contributed by atoms with E-state index in [1.165, 1.54) is 0 Å². The van der Waals surface area contributed by atoms with Gasteiger partial charge in [-0.3, -0.25) is 29.0 Å². The summed E-state index contributed by atoms with van der Waals surface area (Å²) in [6.07, 6.45) is 1.13. The van der Waals surface area contributed by atoms with Crippen LogP contribution in [0.15, 0.2) is 108 Å². The molecule has 1 aliphatic heterocycles. The number of rotatable bonds is 10. The van der Waals surface area contributed by atoms with E-state index < -0.39 is 53.7 Å². The van der Waals surface area contributed by atoms with Gasteiger partial charge in [-0.2, -0.15) is 0 Å². The van der Waals surface area contributed by atoms with Gasteiger partial charge in [0.2, 0.25) is 23.6 Å². The number of aliphatic imine (C=N–C) groups is 1. The van der Waals surface area contributed by atoms with E-state index in [0.29, 0.717) is 17.7 Å². The van der Waals surface area contributed by atoms with Crippen molar-refractivity contribution in [2.75, 3.05) is 11.9 Å². The Morgan fingerprint density at radius 1 is 0.731 bits per heavy atom. The summed E-state index contributed by atoms with van der Waals surface area (Å²) < 4.78 is 0. The summed E-state index contributed by atoms with van der Waals surface area (Å²) >= 11 is 0. The number of amides is 5. The van der Waals surface area contributed by atoms with Crippen LogP contribution in [-0.4, -0.2) is 66.2 Å². The number of nitrogens with one attached hydrogen (secondary N) is 5. The molecule has 0 radical (unpaired) electrons. The molecule has 0 saturated carbocycles. The molecule has 1 fully saturated rings. The van der Waals surface area contributed by atoms with Gasteiger partial charge in [0, 0.05) is 29.6 Å². The fourth-order valence-corrected chi connectivity index (χ4v) is 6.10. The SMILES string of the molecule is NC(N)=NCCC[C@@H]1NC(=O)[C@@H](Cc2ccccc2)NC(=O)[C@@H](NC(=O)c2ccccc2)CCC[C@@H](C(=O)Nc2cccc3ccccc23)NC1=O. The number of carbonyl (C=O) groups is 5. The van der Waals surface area contributed by atoms with E-state index in [1.54, 1.807) is 36.4 Å². The average molecular weight is 705 g/mol. The Bertz CT molecular complexity index is 1890. The Kier molecular flexibility index (Phi) is 12.9. The Hall–Kier alpha value is -6.24. The van der Waals surface area contributed by atoms with Crippen molar-refractivity contribution in [3.63, 3.8) is 0 Å². The molecule has 4 aromatic rings. The molecule has 4 aromatic carbocycles. The second-order valence-electron chi connectivity index (χ2n) is 12.7. The molecule has 13 heteroatoms. The molecule has 0 unspecified atom stereocenters. The van der Waals surface area contributed by atoms with Crippen molar-refractivity contribution in [2.45, 2.75) is 62.7 Å². The van der Waals surface area contributed by atoms with Gasteiger partial charge in [-0.25, -0.2) is 0 Å². The fourth-order valence-electron chi connectivity index (χ4n) is 6.10. The Balaban J connectivity index is 1.45. The molecule has 5 amide bonds. The maximum absolute atomic E-state index is 14.0. The average Bonchev–Trinajstić information content (AvgIpc) is 3.15. The molecule has 1 heterocycles. The maximum Gasteiger partial charge on any atom is 0.251 e. The highest BCUT2D eigenvalue weighted by molar-refractivity contribution is 6.05. The normalized spacial score (nSPS) is 19.7. The lowest BCUT2D eigenvalue weighted by Crippen LogP contribution is -2.58. The minimum absolute atomic E-state index is 0.104. The van der Waals surface area contributed by atoms with E-state index in [1.807, 2.05) is 66.7 Å². The number of benzene rings is 4. The highest BCUT2D eigenvalue weighted by atomic mass is 16.2. The van der Waals surface area contributed by atoms with Gasteiger partial charge in [-0.1, -0.05) is 84.9 Å². The number of hydrogen-bond acceptors (Lipinski definition) is 6. The number of nitrogens with two attached hydrogens (primary N) is 2. The summed E-state index contributed by atoms with van der Waals surface area (Å²) in [5, 5.41) is 16.0. The van der Waals surface area contributed by atoms with Crippen LogP contribution in [0.1, 0.15) is 48.0 Å². The van der Waals surface area contributed by atoms with Gasteiger partial charge in [-0.05, 0) is 61.3 Å². The molecule has 5 rings (SSSR count). The van der Waals surface area contributed by atoms with E-state index in [4.69, 9.17) is 11.5 Å². The van der Waals surface area contributed by atoms with Gasteiger partial charge in [-0.15, -0.1) is 0 Å². The van der Waals surface area contributed by atoms with Gasteiger partial charge in [0.25, 0.3) is 5.91 Å². The molecular formula is C39H44N8O5. The number of fused-ring (bicyclic) bond motifs is 1. The van der Waals surface area contributed by atoms with Crippen LogP contribution in [0.25, 0.3) is 10.8 Å². The highest BCUT2D eigenvalue weighted by Crippen LogP contribution is 2.23. The van der Waals surface area contributed by atoms with Crippen LogP contribution in [0.5, 0.6) is 0 Å². The van der Waals surface area contributed by atoms with E-state index >= 15 is 0 Å². The van der Waals surface area contributed by atoms with Crippen LogP contribution in [-0.2, 0) is 25.6 Å². The molecule has 9 N–H and O–H groups in total. The first-order valence-corrected chi connectivity index (χ1v) is 17.3. The van der Waals surface area contributed by atoms with Gasteiger partial charge in [0.15, 0.2) is 5.96 Å². The standard InChI is InChI=1S/C39H44N8O5/c40-39(41)42-23-11-22-32-36(50)45-31(35(49)43-29-19-9-17-26-14-7-8-18-28(26)29)21-10-20-30(44-34(48)27-15-5-2-6-16-27)37(51)47-33(38(52)46-32)24-25-12-3-1-4-13-25/h1-9,12-19,30-33H,10-11,20-24H2,(H,43,49)(H,44,48)(H,45,50)(H,46,52)(H,47,51)(H4,40,41,42)/t30-,31-,32-,33+/m0/s1. The molecule has 0 spiro atoms. The summed E-state index contributed by atoms with van der Waals surface area (Å²) in [4.78, 5) is 72.9. The van der Waals surface area contributed by atoms with Crippen LogP contribution in [0.3, 0.4) is 0 Å². The molecule has 1 saturated heterocycles. The Labute approximate surface area is 302 Å². The molecule has 0 aromatic heterocycles. The number of guanidine groups is 1. The minimum atomic E-state index is -1.09. The lowest BCUT2D eigenvalue weighted by Gasteiger charge is -2.25. The largest absolute Gasteiger partial charge is 0.370 e. The zero-order chi connectivity index (χ0) is 36.9. The number of anilines is 1. The van der Waals surface area contributed by atoms with Crippen LogP contribution >= 0.6 is 0 Å². The van der Waals surface area contributed by atoms with Gasteiger partial charge in [0.05, 0.1) is 0 Å². The van der Waals surface area contributed by atoms with Crippen molar-refractivity contribution >= 4 is 52.0 Å². The van der Waals surface area contributed by atoms with Crippen LogP contribution in [0, 0.1) is 0 Å². The monoisotopic (exact) mass is 704 g/mol. The number of hydrogen-bond donors (Lipinski definition) is 7. The zero-order valence-electron chi connectivity index (χ0n) is 28.7. The molecule has 52 heavy (non-hydrogen) atoms. The molecule has 0 aliphatic carbocycles. The lowest BCUT2D eigenvalue weighted by molar-refractivity contribution is -0.133. The van der Waals surface area contributed by atoms with Crippen molar-refractivity contribution in [2.24, 2.45) is 16.5 Å². The zero-order valence-corrected chi connectivity index (χ0v) is 28.7. The first-order chi connectivity index (χ1) is 25.2. The summed E-state index contributed by atoms with van der Waals surface area (Å²) in [7, 11) is 0. The van der Waals surface area contributed by atoms with Gasteiger partial charge < -0.3 is 38.1 Å². The van der Waals surface area contributed by atoms with E-state index in [-0.39, 0.29) is 44.6 Å². The summed E-state index contributed by atoms with van der Waals surface area (Å²) in [6.45, 7) is 0.208. The second kappa shape index (κ2) is 18.1. The van der Waals surface area contributed by atoms with Gasteiger partial charge >= 0.3 is 0 Å². The fraction of sp³-hybridized carbons (Fsp3) is 0.282. The number of carbonyl (C=O) groups excluding carboxylic acids is 5. The Morgan fingerprint density at radius 2 is 1.38 bits per heavy atom. The van der Waals surface area contributed by atoms with Crippen molar-refractivity contribution in [1.29, 1.82) is 0 Å². The molecular weight excluding hydrogens is 660 g/mol. The van der Waals surface area contributed by atoms with Crippen LogP contribution in [0.4, 0.5) is 5.69 Å². The predicted molar refractivity (Wildman–Crippen MR) is 200 cm³/mol. The highest BCUT2D eigenvalue weighted by Gasteiger charge is 2.33. The maximum atomic E-state index is 14.0. The van der Waals surface area contributed by atoms with Crippen molar-refractivity contribution in [3.8, 4) is 0 Å². The summed E-state index contributed by atoms with van der Waals surface area (Å²) in [6, 6.07) is 26.5. The van der Waals surface area contributed by atoms with Crippen LogP contribution in [0.2, 0.25) is 0 Å². The Morgan fingerprint density at radius 3 is 2.13 bits per heavy atom. The van der Waals surface area contributed by atoms with Crippen molar-refractivity contribution < 1.29 is 24.0 Å². The third-order valence-electron chi connectivity index (χ3n) is 8.82. The quantitative estimate of drug-likeness (QED) is 0.0745. The van der Waals surface area contributed by atoms with Gasteiger partial charge in [0.1, 0.15) is 24.2 Å². The third kappa shape index (κ3) is 10.4. The van der Waals surface area contributed by atoms with E-state index in [9.17, 15) is 24.0 Å². The summed E-state index contributed by atoms with van der Waals surface area (Å²) in [5.41, 5.74) is 12.7. The molecule has 0 bridgehead atoms. The molecule has 4 atom stereocenters. The lowest BCUT2D eigenvalue weighted by atomic mass is 10.0. The first-order valence-electron chi connectivity index (χ1n) is 17.3. The van der Waals surface area contributed by atoms with Crippen molar-refractivity contribution in [3.05, 3.63) is 114 Å². The molecule has 1 aliphatic rings. The minimum Gasteiger partial charge on any atom is -0.370 e. The topological polar surface area (TPSA) is 210 Å². The smallest absolute Gasteiger partial charge is 0.251 e. The van der Waals surface area contributed by atoms with E-state index in [2.05, 4.69) is 31.6 Å². The van der Waals surface area contributed by atoms with Crippen molar-refractivity contribution in [1.82, 2.24) is 21.3 Å². The van der Waals surface area contributed by atoms with E-state index in [0.717, 1.165) is 16.3 Å². The molecule has 13 nitrogen and oxygen atoms in total. The predicted octanol–water partition coefficient (Wildman–Crippen LogP) is 2.51. The molecule has 270 valence electrons. The number of nitrogens with zero attached hydrogens (tertiary/aromatic N) is 1. The summed E-state index contributed by atoms with van der Waals surface area (Å²) in [5.74, 6) is -2.79. The van der Waals surface area contributed by atoms with Crippen LogP contribution < -0.4 is 38.1 Å². The first kappa shape index (κ1) is 37.0. The third-order valence-corrected chi connectivity index (χ3v) is 8.82. The second-order valence-corrected chi connectivity index (χ2v) is 12.7.